The summed E-state index contributed by atoms with van der Waals surface area (Å²) in [6.07, 6.45) is 1.31. The maximum absolute atomic E-state index is 14.3. The zero-order valence-corrected chi connectivity index (χ0v) is 15.6. The Morgan fingerprint density at radius 3 is 2.65 bits per heavy atom. The van der Waals surface area contributed by atoms with Crippen LogP contribution in [0.3, 0.4) is 0 Å². The average Bonchev–Trinajstić information content (AvgIpc) is 2.76. The molecule has 0 spiro atoms. The van der Waals surface area contributed by atoms with Crippen molar-refractivity contribution in [2.75, 3.05) is 5.32 Å². The molecule has 1 N–H and O–H groups in total. The summed E-state index contributed by atoms with van der Waals surface area (Å²) in [5.41, 5.74) is 0.815. The van der Waals surface area contributed by atoms with Crippen LogP contribution in [0.5, 0.6) is 11.5 Å². The number of hydrogen-bond acceptors (Lipinski definition) is 5. The first-order valence-corrected chi connectivity index (χ1v) is 8.83. The van der Waals surface area contributed by atoms with Crippen molar-refractivity contribution in [3.8, 4) is 17.6 Å². The van der Waals surface area contributed by atoms with Gasteiger partial charge in [0.2, 0.25) is 5.82 Å². The van der Waals surface area contributed by atoms with Gasteiger partial charge in [0.1, 0.15) is 17.6 Å². The first-order chi connectivity index (χ1) is 14.9. The van der Waals surface area contributed by atoms with E-state index in [1.807, 2.05) is 6.07 Å². The van der Waals surface area contributed by atoms with Gasteiger partial charge < -0.3 is 10.1 Å². The van der Waals surface area contributed by atoms with E-state index in [4.69, 9.17) is 10.00 Å². The standard InChI is InChI=1S/C22H11F3N4O2/c23-13-3-1-2-12(6-13)22(30)29-14-7-17(24)21(25)20(8-14)31-16-4-5-18-19(9-16)28-15(10-26)11-27-18/h1-9,11H,(H,29,30). The molecule has 1 heterocycles. The van der Waals surface area contributed by atoms with Crippen molar-refractivity contribution in [3.63, 3.8) is 0 Å². The molecule has 1 amide bonds. The van der Waals surface area contributed by atoms with Crippen LogP contribution < -0.4 is 10.1 Å². The maximum atomic E-state index is 14.3. The second-order valence-electron chi connectivity index (χ2n) is 6.35. The summed E-state index contributed by atoms with van der Waals surface area (Å²) < 4.78 is 47.1. The maximum Gasteiger partial charge on any atom is 0.255 e. The Morgan fingerprint density at radius 1 is 1.03 bits per heavy atom. The predicted octanol–water partition coefficient (Wildman–Crippen LogP) is 4.96. The van der Waals surface area contributed by atoms with Gasteiger partial charge in [-0.25, -0.2) is 13.8 Å². The van der Waals surface area contributed by atoms with Crippen molar-refractivity contribution in [2.24, 2.45) is 0 Å². The topological polar surface area (TPSA) is 87.9 Å². The van der Waals surface area contributed by atoms with Gasteiger partial charge in [-0.05, 0) is 30.3 Å². The van der Waals surface area contributed by atoms with Crippen LogP contribution in [0.15, 0.2) is 60.8 Å². The number of rotatable bonds is 4. The van der Waals surface area contributed by atoms with Crippen LogP contribution in [0, 0.1) is 28.8 Å². The molecule has 1 aromatic heterocycles. The van der Waals surface area contributed by atoms with Crippen molar-refractivity contribution >= 4 is 22.6 Å². The molecule has 0 saturated carbocycles. The number of ether oxygens (including phenoxy) is 1. The lowest BCUT2D eigenvalue weighted by Crippen LogP contribution is -2.12. The van der Waals surface area contributed by atoms with E-state index in [1.165, 1.54) is 36.5 Å². The molecule has 0 aliphatic carbocycles. The van der Waals surface area contributed by atoms with Crippen molar-refractivity contribution < 1.29 is 22.7 Å². The molecule has 0 aliphatic rings. The van der Waals surface area contributed by atoms with Gasteiger partial charge in [0.25, 0.3) is 5.91 Å². The first kappa shape index (κ1) is 19.8. The lowest BCUT2D eigenvalue weighted by Gasteiger charge is -2.11. The molecular formula is C22H11F3N4O2. The van der Waals surface area contributed by atoms with E-state index >= 15 is 0 Å². The Bertz CT molecular complexity index is 1370. The number of halogens is 3. The number of aromatic nitrogens is 2. The molecule has 0 fully saturated rings. The van der Waals surface area contributed by atoms with Crippen molar-refractivity contribution in [3.05, 3.63) is 89.5 Å². The molecule has 0 atom stereocenters. The highest BCUT2D eigenvalue weighted by molar-refractivity contribution is 6.04. The molecule has 0 radical (unpaired) electrons. The summed E-state index contributed by atoms with van der Waals surface area (Å²) in [6, 6.07) is 13.1. The zero-order chi connectivity index (χ0) is 22.0. The molecule has 9 heteroatoms. The Morgan fingerprint density at radius 2 is 1.87 bits per heavy atom. The number of benzene rings is 3. The molecule has 3 aromatic carbocycles. The molecule has 31 heavy (non-hydrogen) atoms. The average molecular weight is 420 g/mol. The summed E-state index contributed by atoms with van der Waals surface area (Å²) in [6.45, 7) is 0. The van der Waals surface area contributed by atoms with Crippen molar-refractivity contribution in [1.82, 2.24) is 9.97 Å². The van der Waals surface area contributed by atoms with Gasteiger partial charge in [-0.1, -0.05) is 6.07 Å². The molecule has 0 bridgehead atoms. The number of fused-ring (bicyclic) bond motifs is 1. The Kier molecular flexibility index (Phi) is 5.20. The zero-order valence-electron chi connectivity index (χ0n) is 15.6. The van der Waals surface area contributed by atoms with Crippen LogP contribution in [-0.2, 0) is 0 Å². The van der Waals surface area contributed by atoms with Crippen LogP contribution in [0.2, 0.25) is 0 Å². The van der Waals surface area contributed by atoms with E-state index in [2.05, 4.69) is 15.3 Å². The Hall–Kier alpha value is -4.45. The smallest absolute Gasteiger partial charge is 0.255 e. The number of hydrogen-bond donors (Lipinski definition) is 1. The number of carbonyl (C=O) groups excluding carboxylic acids is 1. The minimum absolute atomic E-state index is 0.00796. The molecule has 4 aromatic rings. The largest absolute Gasteiger partial charge is 0.454 e. The molecular weight excluding hydrogens is 409 g/mol. The molecule has 0 aliphatic heterocycles. The third kappa shape index (κ3) is 4.28. The number of anilines is 1. The van der Waals surface area contributed by atoms with E-state index < -0.39 is 29.1 Å². The molecule has 4 rings (SSSR count). The summed E-state index contributed by atoms with van der Waals surface area (Å²) in [5, 5.41) is 11.3. The monoisotopic (exact) mass is 420 g/mol. The minimum Gasteiger partial charge on any atom is -0.454 e. The van der Waals surface area contributed by atoms with E-state index in [1.54, 1.807) is 6.07 Å². The van der Waals surface area contributed by atoms with Crippen LogP contribution in [-0.4, -0.2) is 15.9 Å². The number of nitriles is 1. The molecule has 0 saturated heterocycles. The normalized spacial score (nSPS) is 10.5. The fourth-order valence-corrected chi connectivity index (χ4v) is 2.78. The van der Waals surface area contributed by atoms with Crippen LogP contribution in [0.1, 0.15) is 16.1 Å². The van der Waals surface area contributed by atoms with Gasteiger partial charge in [-0.2, -0.15) is 9.65 Å². The third-order valence-electron chi connectivity index (χ3n) is 4.20. The second-order valence-corrected chi connectivity index (χ2v) is 6.35. The van der Waals surface area contributed by atoms with Gasteiger partial charge in [0.05, 0.1) is 17.2 Å². The Balaban J connectivity index is 1.63. The third-order valence-corrected chi connectivity index (χ3v) is 4.20. The summed E-state index contributed by atoms with van der Waals surface area (Å²) >= 11 is 0. The molecule has 6 nitrogen and oxygen atoms in total. The van der Waals surface area contributed by atoms with Crippen molar-refractivity contribution in [1.29, 1.82) is 5.26 Å². The van der Waals surface area contributed by atoms with E-state index in [9.17, 15) is 18.0 Å². The van der Waals surface area contributed by atoms with Gasteiger partial charge in [0, 0.05) is 29.4 Å². The number of carbonyl (C=O) groups is 1. The first-order valence-electron chi connectivity index (χ1n) is 8.83. The van der Waals surface area contributed by atoms with Gasteiger partial charge in [0.15, 0.2) is 17.3 Å². The van der Waals surface area contributed by atoms with Gasteiger partial charge >= 0.3 is 0 Å². The van der Waals surface area contributed by atoms with Crippen LogP contribution in [0.4, 0.5) is 18.9 Å². The van der Waals surface area contributed by atoms with E-state index in [0.29, 0.717) is 11.0 Å². The Labute approximate surface area is 173 Å². The summed E-state index contributed by atoms with van der Waals surface area (Å²) in [4.78, 5) is 20.4. The van der Waals surface area contributed by atoms with Crippen LogP contribution >= 0.6 is 0 Å². The fourth-order valence-electron chi connectivity index (χ4n) is 2.78. The quantitative estimate of drug-likeness (QED) is 0.504. The lowest BCUT2D eigenvalue weighted by atomic mass is 10.2. The predicted molar refractivity (Wildman–Crippen MR) is 105 cm³/mol. The number of nitrogens with one attached hydrogen (secondary N) is 1. The highest BCUT2D eigenvalue weighted by Gasteiger charge is 2.16. The fraction of sp³-hybridized carbons (Fsp3) is 0. The highest BCUT2D eigenvalue weighted by atomic mass is 19.2. The van der Waals surface area contributed by atoms with Crippen LogP contribution in [0.25, 0.3) is 11.0 Å². The highest BCUT2D eigenvalue weighted by Crippen LogP contribution is 2.31. The van der Waals surface area contributed by atoms with Gasteiger partial charge in [-0.15, -0.1) is 0 Å². The second kappa shape index (κ2) is 8.12. The lowest BCUT2D eigenvalue weighted by molar-refractivity contribution is 0.102. The summed E-state index contributed by atoms with van der Waals surface area (Å²) in [5.74, 6) is -4.20. The van der Waals surface area contributed by atoms with E-state index in [-0.39, 0.29) is 22.7 Å². The summed E-state index contributed by atoms with van der Waals surface area (Å²) in [7, 11) is 0. The molecule has 152 valence electrons. The SMILES string of the molecule is N#Cc1cnc2ccc(Oc3cc(NC(=O)c4cccc(F)c4)cc(F)c3F)cc2n1. The van der Waals surface area contributed by atoms with Crippen molar-refractivity contribution in [2.45, 2.75) is 0 Å². The number of nitrogens with zero attached hydrogens (tertiary/aromatic N) is 3. The minimum atomic E-state index is -1.26. The van der Waals surface area contributed by atoms with E-state index in [0.717, 1.165) is 18.2 Å². The number of amides is 1. The molecule has 0 unspecified atom stereocenters. The van der Waals surface area contributed by atoms with Gasteiger partial charge in [-0.3, -0.25) is 9.78 Å².